The normalized spacial score (nSPS) is 19.6. The van der Waals surface area contributed by atoms with Gasteiger partial charge in [-0.1, -0.05) is 0 Å². The molecule has 1 aliphatic heterocycles. The fraction of sp³-hybridized carbons (Fsp3) is 0.900. The van der Waals surface area contributed by atoms with Crippen LogP contribution in [0.5, 0.6) is 0 Å². The molecule has 0 radical (unpaired) electrons. The SMILES string of the molecule is CN1CCC(CCN(C)C(=N)N)CC1. The fourth-order valence-electron chi connectivity index (χ4n) is 1.85. The van der Waals surface area contributed by atoms with Gasteiger partial charge in [-0.2, -0.15) is 0 Å². The lowest BCUT2D eigenvalue weighted by Gasteiger charge is -2.30. The number of nitrogens with one attached hydrogen (secondary N) is 1. The minimum absolute atomic E-state index is 0.179. The molecule has 82 valence electrons. The summed E-state index contributed by atoms with van der Waals surface area (Å²) >= 11 is 0. The lowest BCUT2D eigenvalue weighted by atomic mass is 9.94. The third kappa shape index (κ3) is 3.54. The Bertz CT molecular complexity index is 185. The molecule has 0 bridgehead atoms. The van der Waals surface area contributed by atoms with Gasteiger partial charge in [0, 0.05) is 13.6 Å². The van der Waals surface area contributed by atoms with Gasteiger partial charge in [0.05, 0.1) is 0 Å². The van der Waals surface area contributed by atoms with Crippen molar-refractivity contribution in [1.82, 2.24) is 9.80 Å². The van der Waals surface area contributed by atoms with Gasteiger partial charge < -0.3 is 15.5 Å². The Labute approximate surface area is 86.6 Å². The Hall–Kier alpha value is -0.770. The van der Waals surface area contributed by atoms with Crippen molar-refractivity contribution in [2.45, 2.75) is 19.3 Å². The van der Waals surface area contributed by atoms with Gasteiger partial charge in [-0.05, 0) is 45.3 Å². The van der Waals surface area contributed by atoms with E-state index in [2.05, 4.69) is 11.9 Å². The Balaban J connectivity index is 2.16. The Morgan fingerprint density at radius 2 is 2.07 bits per heavy atom. The molecule has 0 amide bonds. The summed E-state index contributed by atoms with van der Waals surface area (Å²) in [6.07, 6.45) is 3.76. The van der Waals surface area contributed by atoms with Crippen LogP contribution in [0.4, 0.5) is 0 Å². The highest BCUT2D eigenvalue weighted by molar-refractivity contribution is 5.74. The van der Waals surface area contributed by atoms with Crippen molar-refractivity contribution < 1.29 is 0 Å². The number of nitrogens with two attached hydrogens (primary N) is 1. The number of rotatable bonds is 3. The predicted molar refractivity (Wildman–Crippen MR) is 59.4 cm³/mol. The molecule has 0 aromatic heterocycles. The molecular weight excluding hydrogens is 176 g/mol. The lowest BCUT2D eigenvalue weighted by molar-refractivity contribution is 0.206. The van der Waals surface area contributed by atoms with Gasteiger partial charge in [0.1, 0.15) is 0 Å². The molecule has 14 heavy (non-hydrogen) atoms. The molecule has 0 atom stereocenters. The van der Waals surface area contributed by atoms with Crippen molar-refractivity contribution in [3.63, 3.8) is 0 Å². The molecule has 4 heteroatoms. The molecule has 1 aliphatic rings. The van der Waals surface area contributed by atoms with E-state index in [4.69, 9.17) is 11.1 Å². The van der Waals surface area contributed by atoms with Gasteiger partial charge in [-0.25, -0.2) is 0 Å². The highest BCUT2D eigenvalue weighted by Crippen LogP contribution is 2.19. The monoisotopic (exact) mass is 198 g/mol. The Kier molecular flexibility index (Phi) is 4.20. The van der Waals surface area contributed by atoms with Crippen molar-refractivity contribution in [1.29, 1.82) is 5.41 Å². The van der Waals surface area contributed by atoms with Crippen LogP contribution < -0.4 is 5.73 Å². The van der Waals surface area contributed by atoms with Crippen LogP contribution in [0.2, 0.25) is 0 Å². The van der Waals surface area contributed by atoms with Crippen LogP contribution in [0.25, 0.3) is 0 Å². The minimum Gasteiger partial charge on any atom is -0.370 e. The van der Waals surface area contributed by atoms with E-state index in [1.54, 1.807) is 0 Å². The third-order valence-corrected chi connectivity index (χ3v) is 3.12. The summed E-state index contributed by atoms with van der Waals surface area (Å²) in [6, 6.07) is 0. The van der Waals surface area contributed by atoms with Gasteiger partial charge in [0.15, 0.2) is 5.96 Å². The van der Waals surface area contributed by atoms with Crippen LogP contribution in [-0.2, 0) is 0 Å². The van der Waals surface area contributed by atoms with Gasteiger partial charge in [-0.15, -0.1) is 0 Å². The van der Waals surface area contributed by atoms with Crippen LogP contribution in [0.3, 0.4) is 0 Å². The summed E-state index contributed by atoms with van der Waals surface area (Å²) in [6.45, 7) is 3.35. The van der Waals surface area contributed by atoms with Crippen LogP contribution in [0.1, 0.15) is 19.3 Å². The maximum Gasteiger partial charge on any atom is 0.188 e. The number of likely N-dealkylation sites (tertiary alicyclic amines) is 1. The van der Waals surface area contributed by atoms with Crippen LogP contribution >= 0.6 is 0 Å². The molecule has 0 spiro atoms. The number of piperidine rings is 1. The first-order valence-corrected chi connectivity index (χ1v) is 5.33. The second-order valence-corrected chi connectivity index (χ2v) is 4.34. The number of guanidine groups is 1. The molecule has 3 N–H and O–H groups in total. The van der Waals surface area contributed by atoms with Gasteiger partial charge >= 0.3 is 0 Å². The van der Waals surface area contributed by atoms with Crippen LogP contribution in [0.15, 0.2) is 0 Å². The zero-order chi connectivity index (χ0) is 10.6. The van der Waals surface area contributed by atoms with Crippen LogP contribution in [-0.4, -0.2) is 49.5 Å². The van der Waals surface area contributed by atoms with E-state index in [1.165, 1.54) is 32.4 Å². The lowest BCUT2D eigenvalue weighted by Crippen LogP contribution is -2.36. The highest BCUT2D eigenvalue weighted by Gasteiger charge is 2.16. The van der Waals surface area contributed by atoms with E-state index in [0.717, 1.165) is 12.5 Å². The zero-order valence-corrected chi connectivity index (χ0v) is 9.29. The van der Waals surface area contributed by atoms with Crippen molar-refractivity contribution >= 4 is 5.96 Å². The van der Waals surface area contributed by atoms with Gasteiger partial charge in [0.2, 0.25) is 0 Å². The molecule has 1 heterocycles. The van der Waals surface area contributed by atoms with Crippen molar-refractivity contribution in [2.75, 3.05) is 33.7 Å². The summed E-state index contributed by atoms with van der Waals surface area (Å²) in [5.74, 6) is 1.01. The van der Waals surface area contributed by atoms with E-state index in [0.29, 0.717) is 0 Å². The standard InChI is InChI=1S/C10H22N4/c1-13-6-3-9(4-7-13)5-8-14(2)10(11)12/h9H,3-8H2,1-2H3,(H3,11,12). The number of hydrogen-bond donors (Lipinski definition) is 2. The average Bonchev–Trinajstić information content (AvgIpc) is 2.16. The molecular formula is C10H22N4. The molecule has 0 saturated carbocycles. The average molecular weight is 198 g/mol. The Morgan fingerprint density at radius 1 is 1.50 bits per heavy atom. The van der Waals surface area contributed by atoms with E-state index in [9.17, 15) is 0 Å². The van der Waals surface area contributed by atoms with E-state index in [1.807, 2.05) is 11.9 Å². The summed E-state index contributed by atoms with van der Waals surface area (Å²) in [4.78, 5) is 4.20. The molecule has 1 saturated heterocycles. The van der Waals surface area contributed by atoms with Crippen molar-refractivity contribution in [3.8, 4) is 0 Å². The number of hydrogen-bond acceptors (Lipinski definition) is 2. The Morgan fingerprint density at radius 3 is 2.57 bits per heavy atom. The first-order chi connectivity index (χ1) is 6.59. The molecule has 1 rings (SSSR count). The topological polar surface area (TPSA) is 56.4 Å². The molecule has 0 aromatic rings. The molecule has 0 aliphatic carbocycles. The largest absolute Gasteiger partial charge is 0.370 e. The predicted octanol–water partition coefficient (Wildman–Crippen LogP) is 0.544. The van der Waals surface area contributed by atoms with E-state index in [-0.39, 0.29) is 5.96 Å². The molecule has 4 nitrogen and oxygen atoms in total. The van der Waals surface area contributed by atoms with Crippen molar-refractivity contribution in [3.05, 3.63) is 0 Å². The van der Waals surface area contributed by atoms with Gasteiger partial charge in [0.25, 0.3) is 0 Å². The van der Waals surface area contributed by atoms with E-state index >= 15 is 0 Å². The quantitative estimate of drug-likeness (QED) is 0.514. The summed E-state index contributed by atoms with van der Waals surface area (Å²) in [5, 5.41) is 7.25. The van der Waals surface area contributed by atoms with Gasteiger partial charge in [-0.3, -0.25) is 5.41 Å². The highest BCUT2D eigenvalue weighted by atomic mass is 15.2. The smallest absolute Gasteiger partial charge is 0.188 e. The maximum atomic E-state index is 7.25. The molecule has 1 fully saturated rings. The van der Waals surface area contributed by atoms with Crippen LogP contribution in [0, 0.1) is 11.3 Å². The summed E-state index contributed by atoms with van der Waals surface area (Å²) in [7, 11) is 4.06. The first kappa shape index (κ1) is 11.3. The second kappa shape index (κ2) is 5.20. The minimum atomic E-state index is 0.179. The number of nitrogens with zero attached hydrogens (tertiary/aromatic N) is 2. The molecule has 0 aromatic carbocycles. The summed E-state index contributed by atoms with van der Waals surface area (Å²) < 4.78 is 0. The summed E-state index contributed by atoms with van der Waals surface area (Å²) in [5.41, 5.74) is 5.37. The van der Waals surface area contributed by atoms with Crippen molar-refractivity contribution in [2.24, 2.45) is 11.7 Å². The maximum absolute atomic E-state index is 7.25. The fourth-order valence-corrected chi connectivity index (χ4v) is 1.85. The third-order valence-electron chi connectivity index (χ3n) is 3.12. The molecule has 0 unspecified atom stereocenters. The zero-order valence-electron chi connectivity index (χ0n) is 9.29. The first-order valence-electron chi connectivity index (χ1n) is 5.33. The van der Waals surface area contributed by atoms with E-state index < -0.39 is 0 Å². The second-order valence-electron chi connectivity index (χ2n) is 4.34.